The number of aryl methyl sites for hydroxylation is 1. The summed E-state index contributed by atoms with van der Waals surface area (Å²) in [5.41, 5.74) is 1.52. The van der Waals surface area contributed by atoms with Gasteiger partial charge in [-0.1, -0.05) is 31.5 Å². The van der Waals surface area contributed by atoms with Crippen LogP contribution in [0.5, 0.6) is 0 Å². The molecule has 0 aliphatic carbocycles. The summed E-state index contributed by atoms with van der Waals surface area (Å²) in [6.45, 7) is 6.58. The maximum absolute atomic E-state index is 12.0. The molecule has 1 aromatic carbocycles. The number of hydrogen-bond donors (Lipinski definition) is 1. The molecule has 0 radical (unpaired) electrons. The Morgan fingerprint density at radius 2 is 2.06 bits per heavy atom. The number of halogens is 2. The standard InChI is InChI=1S/C14H19Cl2NO/c1-9(2)6-12(16)8-17-14(18)13-7-11(15)5-4-10(13)3/h4-5,7,9,12H,6,8H2,1-3H3,(H,17,18). The van der Waals surface area contributed by atoms with Crippen molar-refractivity contribution in [1.29, 1.82) is 0 Å². The van der Waals surface area contributed by atoms with Crippen molar-refractivity contribution in [3.05, 3.63) is 34.3 Å². The molecule has 0 bridgehead atoms. The summed E-state index contributed by atoms with van der Waals surface area (Å²) < 4.78 is 0. The van der Waals surface area contributed by atoms with E-state index >= 15 is 0 Å². The first-order valence-electron chi connectivity index (χ1n) is 6.08. The number of carbonyl (C=O) groups excluding carboxylic acids is 1. The molecule has 0 aromatic heterocycles. The molecule has 0 saturated carbocycles. The molecule has 0 aliphatic heterocycles. The first-order valence-corrected chi connectivity index (χ1v) is 6.90. The summed E-state index contributed by atoms with van der Waals surface area (Å²) in [5, 5.41) is 3.37. The Kier molecular flexibility index (Phi) is 5.97. The fourth-order valence-corrected chi connectivity index (χ4v) is 2.34. The van der Waals surface area contributed by atoms with Crippen molar-refractivity contribution in [3.63, 3.8) is 0 Å². The van der Waals surface area contributed by atoms with E-state index in [1.807, 2.05) is 13.0 Å². The van der Waals surface area contributed by atoms with Crippen molar-refractivity contribution in [2.24, 2.45) is 5.92 Å². The monoisotopic (exact) mass is 287 g/mol. The maximum atomic E-state index is 12.0. The van der Waals surface area contributed by atoms with Crippen LogP contribution in [-0.2, 0) is 0 Å². The summed E-state index contributed by atoms with van der Waals surface area (Å²) in [5.74, 6) is 0.404. The molecule has 1 N–H and O–H groups in total. The van der Waals surface area contributed by atoms with Gasteiger partial charge in [-0.05, 0) is 37.0 Å². The van der Waals surface area contributed by atoms with E-state index in [1.165, 1.54) is 0 Å². The third kappa shape index (κ3) is 4.87. The summed E-state index contributed by atoms with van der Waals surface area (Å²) in [7, 11) is 0. The van der Waals surface area contributed by atoms with Crippen LogP contribution in [0, 0.1) is 12.8 Å². The van der Waals surface area contributed by atoms with Gasteiger partial charge in [-0.15, -0.1) is 11.6 Å². The molecule has 0 heterocycles. The fourth-order valence-electron chi connectivity index (χ4n) is 1.73. The second-order valence-corrected chi connectivity index (χ2v) is 5.95. The zero-order valence-electron chi connectivity index (χ0n) is 11.0. The van der Waals surface area contributed by atoms with Crippen molar-refractivity contribution < 1.29 is 4.79 Å². The SMILES string of the molecule is Cc1ccc(Cl)cc1C(=O)NCC(Cl)CC(C)C. The van der Waals surface area contributed by atoms with Crippen molar-refractivity contribution >= 4 is 29.1 Å². The maximum Gasteiger partial charge on any atom is 0.251 e. The van der Waals surface area contributed by atoms with Gasteiger partial charge in [0.2, 0.25) is 0 Å². The van der Waals surface area contributed by atoms with Gasteiger partial charge in [0.25, 0.3) is 5.91 Å². The Balaban J connectivity index is 2.58. The zero-order chi connectivity index (χ0) is 13.7. The minimum absolute atomic E-state index is 0.0339. The number of nitrogens with one attached hydrogen (secondary N) is 1. The third-order valence-corrected chi connectivity index (χ3v) is 3.22. The first-order chi connectivity index (χ1) is 8.40. The highest BCUT2D eigenvalue weighted by Gasteiger charge is 2.12. The molecule has 1 amide bonds. The first kappa shape index (κ1) is 15.3. The molecule has 0 aliphatic rings. The van der Waals surface area contributed by atoms with Crippen molar-refractivity contribution in [2.75, 3.05) is 6.54 Å². The van der Waals surface area contributed by atoms with Crippen molar-refractivity contribution in [2.45, 2.75) is 32.6 Å². The highest BCUT2D eigenvalue weighted by molar-refractivity contribution is 6.31. The predicted octanol–water partition coefficient (Wildman–Crippen LogP) is 4.03. The topological polar surface area (TPSA) is 29.1 Å². The van der Waals surface area contributed by atoms with Crippen LogP contribution in [0.4, 0.5) is 0 Å². The molecule has 0 saturated heterocycles. The van der Waals surface area contributed by atoms with E-state index in [-0.39, 0.29) is 11.3 Å². The molecular formula is C14H19Cl2NO. The van der Waals surface area contributed by atoms with Crippen molar-refractivity contribution in [3.8, 4) is 0 Å². The molecule has 1 aromatic rings. The van der Waals surface area contributed by atoms with Crippen LogP contribution in [0.3, 0.4) is 0 Å². The van der Waals surface area contributed by atoms with Gasteiger partial charge in [-0.2, -0.15) is 0 Å². The molecule has 0 fully saturated rings. The number of amides is 1. The Hall–Kier alpha value is -0.730. The average molecular weight is 288 g/mol. The van der Waals surface area contributed by atoms with Crippen LogP contribution >= 0.6 is 23.2 Å². The van der Waals surface area contributed by atoms with Gasteiger partial charge in [0.15, 0.2) is 0 Å². The Morgan fingerprint density at radius 3 is 2.67 bits per heavy atom. The lowest BCUT2D eigenvalue weighted by Crippen LogP contribution is -2.30. The number of carbonyl (C=O) groups is 1. The largest absolute Gasteiger partial charge is 0.351 e. The van der Waals surface area contributed by atoms with E-state index in [4.69, 9.17) is 23.2 Å². The van der Waals surface area contributed by atoms with E-state index in [1.54, 1.807) is 12.1 Å². The number of benzene rings is 1. The van der Waals surface area contributed by atoms with Crippen LogP contribution < -0.4 is 5.32 Å². The van der Waals surface area contributed by atoms with Gasteiger partial charge in [0, 0.05) is 17.1 Å². The van der Waals surface area contributed by atoms with Crippen LogP contribution in [0.1, 0.15) is 36.2 Å². The molecule has 100 valence electrons. The Labute approximate surface area is 119 Å². The van der Waals surface area contributed by atoms with E-state index in [0.29, 0.717) is 23.0 Å². The van der Waals surface area contributed by atoms with E-state index in [2.05, 4.69) is 19.2 Å². The van der Waals surface area contributed by atoms with E-state index in [0.717, 1.165) is 12.0 Å². The molecule has 4 heteroatoms. The quantitative estimate of drug-likeness (QED) is 0.814. The molecule has 0 spiro atoms. The van der Waals surface area contributed by atoms with Crippen molar-refractivity contribution in [1.82, 2.24) is 5.32 Å². The molecule has 1 unspecified atom stereocenters. The summed E-state index contributed by atoms with van der Waals surface area (Å²) in [6.07, 6.45) is 0.885. The predicted molar refractivity (Wildman–Crippen MR) is 77.6 cm³/mol. The van der Waals surface area contributed by atoms with Crippen LogP contribution in [0.25, 0.3) is 0 Å². The van der Waals surface area contributed by atoms with Gasteiger partial charge in [0.1, 0.15) is 0 Å². The number of alkyl halides is 1. The molecule has 1 atom stereocenters. The van der Waals surface area contributed by atoms with Gasteiger partial charge >= 0.3 is 0 Å². The lowest BCUT2D eigenvalue weighted by molar-refractivity contribution is 0.0952. The minimum atomic E-state index is -0.121. The van der Waals surface area contributed by atoms with Gasteiger partial charge in [-0.25, -0.2) is 0 Å². The molecule has 2 nitrogen and oxygen atoms in total. The molecule has 1 rings (SSSR count). The lowest BCUT2D eigenvalue weighted by Gasteiger charge is -2.13. The Bertz CT molecular complexity index is 418. The molecule has 18 heavy (non-hydrogen) atoms. The smallest absolute Gasteiger partial charge is 0.251 e. The second-order valence-electron chi connectivity index (χ2n) is 4.90. The van der Waals surface area contributed by atoms with Crippen LogP contribution in [-0.4, -0.2) is 17.8 Å². The highest BCUT2D eigenvalue weighted by atomic mass is 35.5. The van der Waals surface area contributed by atoms with Crippen LogP contribution in [0.2, 0.25) is 5.02 Å². The number of rotatable bonds is 5. The van der Waals surface area contributed by atoms with E-state index in [9.17, 15) is 4.79 Å². The van der Waals surface area contributed by atoms with E-state index < -0.39 is 0 Å². The molecular weight excluding hydrogens is 269 g/mol. The van der Waals surface area contributed by atoms with Gasteiger partial charge in [0.05, 0.1) is 5.38 Å². The normalized spacial score (nSPS) is 12.6. The van der Waals surface area contributed by atoms with Gasteiger partial charge in [-0.3, -0.25) is 4.79 Å². The lowest BCUT2D eigenvalue weighted by atomic mass is 10.1. The number of hydrogen-bond acceptors (Lipinski definition) is 1. The van der Waals surface area contributed by atoms with Gasteiger partial charge < -0.3 is 5.32 Å². The minimum Gasteiger partial charge on any atom is -0.351 e. The highest BCUT2D eigenvalue weighted by Crippen LogP contribution is 2.15. The Morgan fingerprint density at radius 1 is 1.39 bits per heavy atom. The fraction of sp³-hybridized carbons (Fsp3) is 0.500. The summed E-state index contributed by atoms with van der Waals surface area (Å²) >= 11 is 12.0. The zero-order valence-corrected chi connectivity index (χ0v) is 12.5. The average Bonchev–Trinajstić information content (AvgIpc) is 2.28. The van der Waals surface area contributed by atoms with Crippen LogP contribution in [0.15, 0.2) is 18.2 Å². The summed E-state index contributed by atoms with van der Waals surface area (Å²) in [4.78, 5) is 12.0. The summed E-state index contributed by atoms with van der Waals surface area (Å²) in [6, 6.07) is 5.29. The third-order valence-electron chi connectivity index (χ3n) is 2.66. The second kappa shape index (κ2) is 7.01.